The van der Waals surface area contributed by atoms with Gasteiger partial charge in [0.15, 0.2) is 5.69 Å². The summed E-state index contributed by atoms with van der Waals surface area (Å²) in [6.07, 6.45) is 3.66. The molecule has 3 aromatic carbocycles. The maximum atomic E-state index is 13.4. The molecule has 14 heteroatoms. The van der Waals surface area contributed by atoms with E-state index < -0.39 is 5.91 Å². The number of nitrogen functional groups attached to an aromatic ring is 1. The average molecular weight is 647 g/mol. The van der Waals surface area contributed by atoms with Crippen LogP contribution in [0.2, 0.25) is 0 Å². The number of aromatic nitrogens is 5. The van der Waals surface area contributed by atoms with E-state index >= 15 is 0 Å². The molecule has 0 atom stereocenters. The van der Waals surface area contributed by atoms with Crippen molar-refractivity contribution in [2.75, 3.05) is 25.9 Å². The molecule has 0 unspecified atom stereocenters. The maximum Gasteiger partial charge on any atom is 0.292 e. The quantitative estimate of drug-likeness (QED) is 0.167. The Bertz CT molecular complexity index is 1790. The number of anilines is 1. The van der Waals surface area contributed by atoms with Crippen LogP contribution in [0.1, 0.15) is 40.2 Å². The maximum absolute atomic E-state index is 13.4. The highest BCUT2D eigenvalue weighted by Gasteiger charge is 2.27. The van der Waals surface area contributed by atoms with Crippen LogP contribution in [-0.2, 0) is 13.2 Å². The summed E-state index contributed by atoms with van der Waals surface area (Å²) < 4.78 is 18.3. The summed E-state index contributed by atoms with van der Waals surface area (Å²) >= 11 is 3.58. The fourth-order valence-electron chi connectivity index (χ4n) is 5.02. The third-order valence-electron chi connectivity index (χ3n) is 7.14. The number of fused-ring (bicyclic) bond motifs is 1. The largest absolute Gasteiger partial charge is 0.496 e. The van der Waals surface area contributed by atoms with E-state index in [0.717, 1.165) is 42.3 Å². The van der Waals surface area contributed by atoms with Gasteiger partial charge >= 0.3 is 0 Å². The van der Waals surface area contributed by atoms with E-state index in [4.69, 9.17) is 19.8 Å². The summed E-state index contributed by atoms with van der Waals surface area (Å²) in [5, 5.41) is 22.2. The fourth-order valence-corrected chi connectivity index (χ4v) is 5.54. The number of benzene rings is 3. The molecule has 0 aliphatic carbocycles. The van der Waals surface area contributed by atoms with Gasteiger partial charge in [0.1, 0.15) is 23.8 Å². The van der Waals surface area contributed by atoms with Gasteiger partial charge < -0.3 is 15.2 Å². The molecule has 2 aromatic heterocycles. The molecule has 0 saturated carbocycles. The lowest BCUT2D eigenvalue weighted by atomic mass is 10.1. The standard InChI is InChI=1S/C29H28BrN9O4/c1-41-25-14-20(42-17-19-9-6-8-18-7-2-3-10-21(18)19)13-23(30)22(25)15-32-34-29(40)26-24(16-38-11-4-5-12-38)33-37-39(26)28-27(31)35-43-36-28/h2-3,6-10,13-15H,4-5,11-12,16-17H2,1H3,(H2,31,35)(H,34,40)/b32-15-. The number of nitrogens with one attached hydrogen (secondary N) is 1. The van der Waals surface area contributed by atoms with Crippen LogP contribution in [0.5, 0.6) is 11.5 Å². The van der Waals surface area contributed by atoms with Crippen molar-refractivity contribution in [3.05, 3.63) is 81.6 Å². The van der Waals surface area contributed by atoms with Gasteiger partial charge in [-0.2, -0.15) is 9.78 Å². The van der Waals surface area contributed by atoms with E-state index in [0.29, 0.717) is 40.4 Å². The first-order valence-corrected chi connectivity index (χ1v) is 14.4. The van der Waals surface area contributed by atoms with Crippen molar-refractivity contribution < 1.29 is 18.9 Å². The van der Waals surface area contributed by atoms with Crippen molar-refractivity contribution in [2.24, 2.45) is 5.10 Å². The number of methoxy groups -OCH3 is 1. The average Bonchev–Trinajstić information content (AvgIpc) is 3.78. The Balaban J connectivity index is 1.20. The van der Waals surface area contributed by atoms with Crippen LogP contribution in [-0.4, -0.2) is 62.5 Å². The van der Waals surface area contributed by atoms with Gasteiger partial charge in [-0.1, -0.05) is 47.7 Å². The summed E-state index contributed by atoms with van der Waals surface area (Å²) in [5.41, 5.74) is 10.7. The number of hydrogen-bond donors (Lipinski definition) is 2. The summed E-state index contributed by atoms with van der Waals surface area (Å²) in [5.74, 6) is 0.605. The normalized spacial score (nSPS) is 13.6. The number of carbonyl (C=O) groups excluding carboxylic acids is 1. The molecule has 0 radical (unpaired) electrons. The Morgan fingerprint density at radius 2 is 1.98 bits per heavy atom. The first kappa shape index (κ1) is 28.3. The second-order valence-corrected chi connectivity index (χ2v) is 10.8. The lowest BCUT2D eigenvalue weighted by Crippen LogP contribution is -2.26. The number of halogens is 1. The molecular formula is C29H28BrN9O4. The van der Waals surface area contributed by atoms with Crippen LogP contribution >= 0.6 is 15.9 Å². The molecule has 0 spiro atoms. The van der Waals surface area contributed by atoms with E-state index in [1.54, 1.807) is 13.2 Å². The van der Waals surface area contributed by atoms with Gasteiger partial charge in [-0.3, -0.25) is 9.69 Å². The predicted octanol–water partition coefficient (Wildman–Crippen LogP) is 4.10. The predicted molar refractivity (Wildman–Crippen MR) is 162 cm³/mol. The number of hydrazone groups is 1. The van der Waals surface area contributed by atoms with Crippen molar-refractivity contribution in [3.8, 4) is 17.3 Å². The molecule has 13 nitrogen and oxygen atoms in total. The topological polar surface area (TPSA) is 159 Å². The zero-order valence-corrected chi connectivity index (χ0v) is 24.8. The highest BCUT2D eigenvalue weighted by molar-refractivity contribution is 9.10. The number of carbonyl (C=O) groups is 1. The molecule has 0 bridgehead atoms. The number of ether oxygens (including phenoxy) is 2. The Morgan fingerprint density at radius 3 is 2.77 bits per heavy atom. The van der Waals surface area contributed by atoms with Crippen LogP contribution < -0.4 is 20.6 Å². The third-order valence-corrected chi connectivity index (χ3v) is 7.80. The number of nitrogens with two attached hydrogens (primary N) is 1. The van der Waals surface area contributed by atoms with Crippen molar-refractivity contribution >= 4 is 44.6 Å². The zero-order valence-electron chi connectivity index (χ0n) is 23.2. The van der Waals surface area contributed by atoms with Gasteiger partial charge in [-0.15, -0.1) is 5.10 Å². The van der Waals surface area contributed by atoms with Gasteiger partial charge in [0.05, 0.1) is 18.9 Å². The molecule has 1 aliphatic heterocycles. The van der Waals surface area contributed by atoms with E-state index in [1.165, 1.54) is 10.9 Å². The lowest BCUT2D eigenvalue weighted by molar-refractivity contribution is 0.0945. The molecule has 1 aliphatic rings. The minimum Gasteiger partial charge on any atom is -0.496 e. The van der Waals surface area contributed by atoms with Crippen molar-refractivity contribution in [1.29, 1.82) is 0 Å². The van der Waals surface area contributed by atoms with Gasteiger partial charge in [0.25, 0.3) is 5.91 Å². The molecule has 5 aromatic rings. The second-order valence-electron chi connectivity index (χ2n) is 9.90. The fraction of sp³-hybridized carbons (Fsp3) is 0.241. The number of amides is 1. The molecule has 1 saturated heterocycles. The first-order chi connectivity index (χ1) is 21.0. The van der Waals surface area contributed by atoms with Crippen LogP contribution in [0.25, 0.3) is 16.6 Å². The van der Waals surface area contributed by atoms with Gasteiger partial charge in [0, 0.05) is 17.1 Å². The molecule has 3 N–H and O–H groups in total. The van der Waals surface area contributed by atoms with Gasteiger partial charge in [-0.05, 0) is 74.6 Å². The highest BCUT2D eigenvalue weighted by atomic mass is 79.9. The monoisotopic (exact) mass is 645 g/mol. The van der Waals surface area contributed by atoms with E-state index in [1.807, 2.05) is 30.3 Å². The summed E-state index contributed by atoms with van der Waals surface area (Å²) in [6, 6.07) is 17.9. The summed E-state index contributed by atoms with van der Waals surface area (Å²) in [4.78, 5) is 15.6. The molecule has 1 fully saturated rings. The molecule has 1 amide bonds. The molecule has 3 heterocycles. The van der Waals surface area contributed by atoms with Crippen LogP contribution in [0, 0.1) is 0 Å². The van der Waals surface area contributed by atoms with Crippen molar-refractivity contribution in [3.63, 3.8) is 0 Å². The van der Waals surface area contributed by atoms with Crippen molar-refractivity contribution in [2.45, 2.75) is 26.0 Å². The molecule has 43 heavy (non-hydrogen) atoms. The number of nitrogens with zero attached hydrogens (tertiary/aromatic N) is 7. The second kappa shape index (κ2) is 12.6. The van der Waals surface area contributed by atoms with Gasteiger partial charge in [-0.25, -0.2) is 10.1 Å². The smallest absolute Gasteiger partial charge is 0.292 e. The Morgan fingerprint density at radius 1 is 1.16 bits per heavy atom. The minimum atomic E-state index is -0.553. The Labute approximate surface area is 254 Å². The third kappa shape index (κ3) is 6.05. The molecule has 6 rings (SSSR count). The van der Waals surface area contributed by atoms with Crippen LogP contribution in [0.15, 0.2) is 68.8 Å². The van der Waals surface area contributed by atoms with E-state index in [2.05, 4.69) is 70.2 Å². The Kier molecular flexibility index (Phi) is 8.29. The summed E-state index contributed by atoms with van der Waals surface area (Å²) in [7, 11) is 1.55. The molecule has 220 valence electrons. The number of hydrogen-bond acceptors (Lipinski definition) is 11. The van der Waals surface area contributed by atoms with Crippen molar-refractivity contribution in [1.82, 2.24) is 35.6 Å². The number of rotatable bonds is 10. The zero-order chi connectivity index (χ0) is 29.8. The van der Waals surface area contributed by atoms with Crippen LogP contribution in [0.3, 0.4) is 0 Å². The highest BCUT2D eigenvalue weighted by Crippen LogP contribution is 2.32. The first-order valence-electron chi connectivity index (χ1n) is 13.6. The SMILES string of the molecule is COc1cc(OCc2cccc3ccccc23)cc(Br)c1/C=N\NC(=O)c1c(CN2CCCC2)nnn1-c1nonc1N. The molecular weight excluding hydrogens is 618 g/mol. The minimum absolute atomic E-state index is 0.0217. The van der Waals surface area contributed by atoms with E-state index in [-0.39, 0.29) is 17.3 Å². The van der Waals surface area contributed by atoms with Gasteiger partial charge in [0.2, 0.25) is 11.6 Å². The summed E-state index contributed by atoms with van der Waals surface area (Å²) in [6.45, 7) is 2.65. The lowest BCUT2D eigenvalue weighted by Gasteiger charge is -2.13. The van der Waals surface area contributed by atoms with Crippen LogP contribution in [0.4, 0.5) is 5.82 Å². The Hall–Kier alpha value is -4.82. The van der Waals surface area contributed by atoms with E-state index in [9.17, 15) is 4.79 Å². The number of likely N-dealkylation sites (tertiary alicyclic amines) is 1.